The number of amides is 1. The zero-order valence-corrected chi connectivity index (χ0v) is 23.9. The van der Waals surface area contributed by atoms with E-state index >= 15 is 0 Å². The van der Waals surface area contributed by atoms with Gasteiger partial charge >= 0.3 is 5.97 Å². The van der Waals surface area contributed by atoms with Crippen molar-refractivity contribution in [2.24, 2.45) is 0 Å². The molecule has 3 aromatic carbocycles. The molecule has 2 atom stereocenters. The maximum Gasteiger partial charge on any atom is 0.346 e. The molecule has 204 valence electrons. The first-order valence-electron chi connectivity index (χ1n) is 13.4. The molecule has 1 amide bonds. The highest BCUT2D eigenvalue weighted by Crippen LogP contribution is 2.28. The van der Waals surface area contributed by atoms with Crippen LogP contribution in [0.1, 0.15) is 78.0 Å². The summed E-state index contributed by atoms with van der Waals surface area (Å²) in [6.45, 7) is 12.9. The van der Waals surface area contributed by atoms with Crippen molar-refractivity contribution >= 4 is 22.8 Å². The molecular formula is C33H38N2O4. The fraction of sp³-hybridized carbons (Fsp3) is 0.333. The molecule has 1 N–H and O–H groups in total. The Kier molecular flexibility index (Phi) is 8.44. The highest BCUT2D eigenvalue weighted by atomic mass is 16.6. The lowest BCUT2D eigenvalue weighted by Crippen LogP contribution is -2.26. The maximum atomic E-state index is 13.2. The summed E-state index contributed by atoms with van der Waals surface area (Å²) in [7, 11) is 1.35. The molecule has 4 aromatic rings. The van der Waals surface area contributed by atoms with Gasteiger partial charge in [-0.1, -0.05) is 50.2 Å². The van der Waals surface area contributed by atoms with Crippen LogP contribution in [0.3, 0.4) is 0 Å². The fourth-order valence-electron chi connectivity index (χ4n) is 4.86. The van der Waals surface area contributed by atoms with Crippen LogP contribution in [-0.4, -0.2) is 29.7 Å². The van der Waals surface area contributed by atoms with Gasteiger partial charge in [0.2, 0.25) is 0 Å². The number of benzene rings is 3. The van der Waals surface area contributed by atoms with E-state index in [0.29, 0.717) is 23.8 Å². The molecule has 1 aromatic heterocycles. The molecule has 0 aliphatic heterocycles. The molecule has 0 bridgehead atoms. The van der Waals surface area contributed by atoms with Crippen LogP contribution >= 0.6 is 0 Å². The van der Waals surface area contributed by atoms with Gasteiger partial charge in [0.15, 0.2) is 6.10 Å². The van der Waals surface area contributed by atoms with Crippen molar-refractivity contribution in [2.45, 2.75) is 66.2 Å². The molecular weight excluding hydrogens is 488 g/mol. The van der Waals surface area contributed by atoms with E-state index in [9.17, 15) is 9.59 Å². The number of ether oxygens (including phenoxy) is 2. The number of fused-ring (bicyclic) bond motifs is 1. The Morgan fingerprint density at radius 3 is 2.33 bits per heavy atom. The minimum Gasteiger partial charge on any atom is -0.479 e. The molecule has 2 unspecified atom stereocenters. The fourth-order valence-corrected chi connectivity index (χ4v) is 4.86. The van der Waals surface area contributed by atoms with E-state index in [1.54, 1.807) is 6.92 Å². The quantitative estimate of drug-likeness (QED) is 0.242. The van der Waals surface area contributed by atoms with E-state index in [1.807, 2.05) is 49.4 Å². The minimum absolute atomic E-state index is 0.0891. The Labute approximate surface area is 230 Å². The largest absolute Gasteiger partial charge is 0.479 e. The second kappa shape index (κ2) is 11.8. The van der Waals surface area contributed by atoms with Crippen LogP contribution in [0.4, 0.5) is 0 Å². The normalized spacial score (nSPS) is 12.8. The van der Waals surface area contributed by atoms with Crippen molar-refractivity contribution in [3.05, 3.63) is 100 Å². The van der Waals surface area contributed by atoms with Gasteiger partial charge in [-0.15, -0.1) is 0 Å². The summed E-state index contributed by atoms with van der Waals surface area (Å²) in [5, 5.41) is 4.22. The number of aromatic nitrogens is 1. The topological polar surface area (TPSA) is 69.6 Å². The van der Waals surface area contributed by atoms with E-state index in [1.165, 1.54) is 12.7 Å². The van der Waals surface area contributed by atoms with E-state index in [0.717, 1.165) is 33.3 Å². The van der Waals surface area contributed by atoms with Gasteiger partial charge in [-0.25, -0.2) is 4.79 Å². The van der Waals surface area contributed by atoms with E-state index in [2.05, 4.69) is 61.8 Å². The summed E-state index contributed by atoms with van der Waals surface area (Å²) in [5.74, 6) is 0.544. The molecule has 0 spiro atoms. The summed E-state index contributed by atoms with van der Waals surface area (Å²) in [6.07, 6.45) is -0.687. The highest BCUT2D eigenvalue weighted by Gasteiger charge is 2.18. The molecule has 6 nitrogen and oxygen atoms in total. The van der Waals surface area contributed by atoms with Crippen molar-refractivity contribution in [2.75, 3.05) is 7.11 Å². The number of carbonyl (C=O) groups excluding carboxylic acids is 2. The molecule has 0 radical (unpaired) electrons. The van der Waals surface area contributed by atoms with Crippen molar-refractivity contribution in [3.8, 4) is 5.75 Å². The zero-order chi connectivity index (χ0) is 28.3. The predicted octanol–water partition coefficient (Wildman–Crippen LogP) is 6.86. The van der Waals surface area contributed by atoms with Crippen LogP contribution in [0, 0.1) is 13.8 Å². The monoisotopic (exact) mass is 526 g/mol. The number of aryl methyl sites for hydroxylation is 1. The third kappa shape index (κ3) is 6.17. The second-order valence-electron chi connectivity index (χ2n) is 10.5. The SMILES string of the molecule is COC(=O)C(C)Oc1cccc(Cn2c(C)c(C)c3cc(C(=O)NC(C)c4cccc(C(C)C)c4)ccc32)c1. The molecule has 0 saturated carbocycles. The molecule has 0 fully saturated rings. The standard InChI is InChI=1S/C33H38N2O4/c1-20(2)26-11-9-12-27(17-26)22(4)34-32(36)28-14-15-31-30(18-28)21(3)23(5)35(31)19-25-10-8-13-29(16-25)39-24(6)33(37)38-7/h8-18,20,22,24H,19H2,1-7H3,(H,34,36). The van der Waals surface area contributed by atoms with Crippen molar-refractivity contribution in [3.63, 3.8) is 0 Å². The average molecular weight is 527 g/mol. The van der Waals surface area contributed by atoms with Gasteiger partial charge in [-0.3, -0.25) is 4.79 Å². The van der Waals surface area contributed by atoms with Gasteiger partial charge in [0.25, 0.3) is 5.91 Å². The maximum absolute atomic E-state index is 13.2. The van der Waals surface area contributed by atoms with E-state index in [4.69, 9.17) is 9.47 Å². The molecule has 39 heavy (non-hydrogen) atoms. The molecule has 1 heterocycles. The minimum atomic E-state index is -0.687. The Morgan fingerprint density at radius 1 is 0.897 bits per heavy atom. The second-order valence-corrected chi connectivity index (χ2v) is 10.5. The van der Waals surface area contributed by atoms with Gasteiger partial charge in [-0.05, 0) is 86.2 Å². The first-order chi connectivity index (χ1) is 18.6. The first kappa shape index (κ1) is 28.0. The number of nitrogens with one attached hydrogen (secondary N) is 1. The molecule has 0 aliphatic rings. The summed E-state index contributed by atoms with van der Waals surface area (Å²) in [6, 6.07) is 21.9. The summed E-state index contributed by atoms with van der Waals surface area (Å²) >= 11 is 0. The van der Waals surface area contributed by atoms with E-state index in [-0.39, 0.29) is 11.9 Å². The van der Waals surface area contributed by atoms with Crippen LogP contribution in [0.5, 0.6) is 5.75 Å². The Hall–Kier alpha value is -4.06. The molecule has 0 saturated heterocycles. The van der Waals surface area contributed by atoms with E-state index < -0.39 is 12.1 Å². The number of carbonyl (C=O) groups is 2. The van der Waals surface area contributed by atoms with Crippen LogP contribution in [-0.2, 0) is 16.1 Å². The highest BCUT2D eigenvalue weighted by molar-refractivity contribution is 5.99. The van der Waals surface area contributed by atoms with Crippen LogP contribution in [0.2, 0.25) is 0 Å². The van der Waals surface area contributed by atoms with Crippen LogP contribution in [0.25, 0.3) is 10.9 Å². The third-order valence-electron chi connectivity index (χ3n) is 7.41. The lowest BCUT2D eigenvalue weighted by molar-refractivity contribution is -0.147. The molecule has 4 rings (SSSR count). The summed E-state index contributed by atoms with van der Waals surface area (Å²) in [5.41, 5.74) is 7.39. The zero-order valence-electron chi connectivity index (χ0n) is 23.9. The number of hydrogen-bond acceptors (Lipinski definition) is 4. The van der Waals surface area contributed by atoms with Gasteiger partial charge < -0.3 is 19.4 Å². The van der Waals surface area contributed by atoms with Crippen molar-refractivity contribution < 1.29 is 19.1 Å². The molecule has 6 heteroatoms. The number of methoxy groups -OCH3 is 1. The summed E-state index contributed by atoms with van der Waals surface area (Å²) < 4.78 is 12.8. The average Bonchev–Trinajstić information content (AvgIpc) is 3.16. The van der Waals surface area contributed by atoms with Crippen LogP contribution < -0.4 is 10.1 Å². The molecule has 0 aliphatic carbocycles. The summed E-state index contributed by atoms with van der Waals surface area (Å²) in [4.78, 5) is 25.0. The number of esters is 1. The van der Waals surface area contributed by atoms with Crippen LogP contribution in [0.15, 0.2) is 66.7 Å². The third-order valence-corrected chi connectivity index (χ3v) is 7.41. The Morgan fingerprint density at radius 2 is 1.62 bits per heavy atom. The Bertz CT molecular complexity index is 1500. The number of rotatable bonds is 9. The van der Waals surface area contributed by atoms with Gasteiger partial charge in [0, 0.05) is 28.7 Å². The number of hydrogen-bond donors (Lipinski definition) is 1. The van der Waals surface area contributed by atoms with Gasteiger partial charge in [0.05, 0.1) is 13.2 Å². The van der Waals surface area contributed by atoms with Gasteiger partial charge in [-0.2, -0.15) is 0 Å². The Balaban J connectivity index is 1.55. The number of nitrogens with zero attached hydrogens (tertiary/aromatic N) is 1. The lowest BCUT2D eigenvalue weighted by atomic mass is 9.98. The smallest absolute Gasteiger partial charge is 0.346 e. The first-order valence-corrected chi connectivity index (χ1v) is 13.4. The predicted molar refractivity (Wildman–Crippen MR) is 155 cm³/mol. The van der Waals surface area contributed by atoms with Crippen molar-refractivity contribution in [1.82, 2.24) is 9.88 Å². The lowest BCUT2D eigenvalue weighted by Gasteiger charge is -2.17. The van der Waals surface area contributed by atoms with Gasteiger partial charge in [0.1, 0.15) is 5.75 Å². The van der Waals surface area contributed by atoms with Crippen molar-refractivity contribution in [1.29, 1.82) is 0 Å².